The molecule has 0 unspecified atom stereocenters. The summed E-state index contributed by atoms with van der Waals surface area (Å²) < 4.78 is 7.28. The number of aryl methyl sites for hydroxylation is 2. The zero-order valence-corrected chi connectivity index (χ0v) is 9.82. The zero-order valence-electron chi connectivity index (χ0n) is 9.07. The van der Waals surface area contributed by atoms with E-state index >= 15 is 0 Å². The van der Waals surface area contributed by atoms with E-state index in [0.29, 0.717) is 22.3 Å². The van der Waals surface area contributed by atoms with E-state index in [4.69, 9.17) is 22.1 Å². The summed E-state index contributed by atoms with van der Waals surface area (Å²) in [6, 6.07) is 7.11. The number of ether oxygens (including phenoxy) is 1. The van der Waals surface area contributed by atoms with Crippen molar-refractivity contribution in [3.05, 3.63) is 35.0 Å². The second-order valence-electron chi connectivity index (χ2n) is 3.50. The number of anilines is 1. The molecule has 5 heteroatoms. The molecule has 0 aliphatic rings. The maximum Gasteiger partial charge on any atom is 0.217 e. The number of benzene rings is 1. The highest BCUT2D eigenvalue weighted by atomic mass is 35.5. The summed E-state index contributed by atoms with van der Waals surface area (Å²) >= 11 is 5.90. The van der Waals surface area contributed by atoms with Gasteiger partial charge in [-0.15, -0.1) is 0 Å². The summed E-state index contributed by atoms with van der Waals surface area (Å²) in [7, 11) is 1.81. The molecule has 0 aliphatic heterocycles. The van der Waals surface area contributed by atoms with Gasteiger partial charge in [-0.05, 0) is 19.1 Å². The van der Waals surface area contributed by atoms with E-state index in [9.17, 15) is 0 Å². The first kappa shape index (κ1) is 10.8. The molecule has 0 atom stereocenters. The van der Waals surface area contributed by atoms with Crippen molar-refractivity contribution in [3.63, 3.8) is 0 Å². The highest BCUT2D eigenvalue weighted by Gasteiger charge is 2.08. The molecule has 0 saturated carbocycles. The predicted octanol–water partition coefficient (Wildman–Crippen LogP) is 2.76. The summed E-state index contributed by atoms with van der Waals surface area (Å²) in [5, 5.41) is 4.66. The molecule has 84 valence electrons. The van der Waals surface area contributed by atoms with Crippen LogP contribution in [0.1, 0.15) is 5.69 Å². The molecule has 0 saturated heterocycles. The van der Waals surface area contributed by atoms with Crippen molar-refractivity contribution in [2.45, 2.75) is 6.92 Å². The van der Waals surface area contributed by atoms with Crippen LogP contribution >= 0.6 is 11.6 Å². The third-order valence-electron chi connectivity index (χ3n) is 2.19. The molecule has 2 rings (SSSR count). The summed E-state index contributed by atoms with van der Waals surface area (Å²) in [6.45, 7) is 1.90. The highest BCUT2D eigenvalue weighted by Crippen LogP contribution is 2.32. The van der Waals surface area contributed by atoms with Gasteiger partial charge in [0.1, 0.15) is 0 Å². The standard InChI is InChI=1S/C11H12ClN3O/c1-7-6-10(15(2)14-7)16-9-5-3-4-8(12)11(9)13/h3-6H,13H2,1-2H3. The molecule has 4 nitrogen and oxygen atoms in total. The van der Waals surface area contributed by atoms with Crippen LogP contribution in [0.25, 0.3) is 0 Å². The van der Waals surface area contributed by atoms with Crippen LogP contribution in [0.4, 0.5) is 5.69 Å². The van der Waals surface area contributed by atoms with Crippen molar-refractivity contribution in [2.24, 2.45) is 7.05 Å². The van der Waals surface area contributed by atoms with Gasteiger partial charge in [0.15, 0.2) is 5.75 Å². The topological polar surface area (TPSA) is 53.1 Å². The highest BCUT2D eigenvalue weighted by molar-refractivity contribution is 6.33. The van der Waals surface area contributed by atoms with Crippen LogP contribution in [0, 0.1) is 6.92 Å². The first-order valence-electron chi connectivity index (χ1n) is 4.80. The molecule has 1 heterocycles. The molecule has 1 aromatic heterocycles. The van der Waals surface area contributed by atoms with Gasteiger partial charge < -0.3 is 10.5 Å². The van der Waals surface area contributed by atoms with Crippen LogP contribution in [-0.2, 0) is 7.05 Å². The Labute approximate surface area is 98.6 Å². The van der Waals surface area contributed by atoms with E-state index in [1.54, 1.807) is 22.9 Å². The Morgan fingerprint density at radius 1 is 1.44 bits per heavy atom. The van der Waals surface area contributed by atoms with E-state index < -0.39 is 0 Å². The maximum absolute atomic E-state index is 5.90. The number of para-hydroxylation sites is 1. The van der Waals surface area contributed by atoms with Crippen LogP contribution in [-0.4, -0.2) is 9.78 Å². The fourth-order valence-corrected chi connectivity index (χ4v) is 1.57. The third-order valence-corrected chi connectivity index (χ3v) is 2.52. The van der Waals surface area contributed by atoms with Crippen LogP contribution < -0.4 is 10.5 Å². The molecular weight excluding hydrogens is 226 g/mol. The minimum atomic E-state index is 0.433. The fourth-order valence-electron chi connectivity index (χ4n) is 1.40. The van der Waals surface area contributed by atoms with E-state index in [2.05, 4.69) is 5.10 Å². The molecule has 2 aromatic rings. The van der Waals surface area contributed by atoms with Crippen LogP contribution in [0.3, 0.4) is 0 Å². The Bertz CT molecular complexity index is 522. The number of nitrogen functional groups attached to an aromatic ring is 1. The van der Waals surface area contributed by atoms with Crippen LogP contribution in [0.5, 0.6) is 11.6 Å². The SMILES string of the molecule is Cc1cc(Oc2cccc(Cl)c2N)n(C)n1. The van der Waals surface area contributed by atoms with Gasteiger partial charge in [-0.2, -0.15) is 5.10 Å². The quantitative estimate of drug-likeness (QED) is 0.818. The third kappa shape index (κ3) is 1.97. The van der Waals surface area contributed by atoms with E-state index in [0.717, 1.165) is 5.69 Å². The normalized spacial score (nSPS) is 10.4. The van der Waals surface area contributed by atoms with Gasteiger partial charge in [-0.1, -0.05) is 17.7 Å². The Morgan fingerprint density at radius 3 is 2.81 bits per heavy atom. The minimum absolute atomic E-state index is 0.433. The Balaban J connectivity index is 2.34. The number of nitrogens with two attached hydrogens (primary N) is 1. The van der Waals surface area contributed by atoms with Crippen molar-refractivity contribution in [1.29, 1.82) is 0 Å². The molecule has 1 aromatic carbocycles. The van der Waals surface area contributed by atoms with Crippen molar-refractivity contribution in [3.8, 4) is 11.6 Å². The van der Waals surface area contributed by atoms with Gasteiger partial charge in [0.05, 0.1) is 16.4 Å². The smallest absolute Gasteiger partial charge is 0.217 e. The van der Waals surface area contributed by atoms with Crippen LogP contribution in [0.15, 0.2) is 24.3 Å². The van der Waals surface area contributed by atoms with Gasteiger partial charge >= 0.3 is 0 Å². The zero-order chi connectivity index (χ0) is 11.7. The molecule has 16 heavy (non-hydrogen) atoms. The molecule has 0 radical (unpaired) electrons. The Morgan fingerprint density at radius 2 is 2.19 bits per heavy atom. The summed E-state index contributed by atoms with van der Waals surface area (Å²) in [6.07, 6.45) is 0. The van der Waals surface area contributed by atoms with Gasteiger partial charge in [0, 0.05) is 13.1 Å². The second-order valence-corrected chi connectivity index (χ2v) is 3.91. The van der Waals surface area contributed by atoms with E-state index in [1.807, 2.05) is 20.0 Å². The average Bonchev–Trinajstić information content (AvgIpc) is 2.53. The lowest BCUT2D eigenvalue weighted by Gasteiger charge is -2.08. The summed E-state index contributed by atoms with van der Waals surface area (Å²) in [5.41, 5.74) is 7.12. The molecule has 0 amide bonds. The van der Waals surface area contributed by atoms with Gasteiger partial charge in [0.25, 0.3) is 0 Å². The monoisotopic (exact) mass is 237 g/mol. The number of rotatable bonds is 2. The van der Waals surface area contributed by atoms with E-state index in [-0.39, 0.29) is 0 Å². The molecule has 2 N–H and O–H groups in total. The number of hydrogen-bond donors (Lipinski definition) is 1. The first-order valence-corrected chi connectivity index (χ1v) is 5.18. The lowest BCUT2D eigenvalue weighted by molar-refractivity contribution is 0.432. The largest absolute Gasteiger partial charge is 0.437 e. The lowest BCUT2D eigenvalue weighted by atomic mass is 10.3. The van der Waals surface area contributed by atoms with Crippen molar-refractivity contribution < 1.29 is 4.74 Å². The van der Waals surface area contributed by atoms with E-state index in [1.165, 1.54) is 0 Å². The van der Waals surface area contributed by atoms with Crippen molar-refractivity contribution in [2.75, 3.05) is 5.73 Å². The molecule has 0 spiro atoms. The van der Waals surface area contributed by atoms with Crippen molar-refractivity contribution in [1.82, 2.24) is 9.78 Å². The molecular formula is C11H12ClN3O. The first-order chi connectivity index (χ1) is 7.58. The summed E-state index contributed by atoms with van der Waals surface area (Å²) in [5.74, 6) is 1.17. The maximum atomic E-state index is 5.90. The summed E-state index contributed by atoms with van der Waals surface area (Å²) in [4.78, 5) is 0. The number of aromatic nitrogens is 2. The lowest BCUT2D eigenvalue weighted by Crippen LogP contribution is -1.97. The van der Waals surface area contributed by atoms with Crippen LogP contribution in [0.2, 0.25) is 5.02 Å². The predicted molar refractivity (Wildman–Crippen MR) is 63.9 cm³/mol. The number of hydrogen-bond acceptors (Lipinski definition) is 3. The number of nitrogens with zero attached hydrogens (tertiary/aromatic N) is 2. The number of halogens is 1. The van der Waals surface area contributed by atoms with Gasteiger partial charge in [-0.3, -0.25) is 0 Å². The molecule has 0 bridgehead atoms. The van der Waals surface area contributed by atoms with Gasteiger partial charge in [0.2, 0.25) is 5.88 Å². The second kappa shape index (κ2) is 4.06. The molecule has 0 fully saturated rings. The fraction of sp³-hybridized carbons (Fsp3) is 0.182. The van der Waals surface area contributed by atoms with Crippen molar-refractivity contribution >= 4 is 17.3 Å². The Hall–Kier alpha value is -1.68. The minimum Gasteiger partial charge on any atom is -0.437 e. The Kier molecular flexibility index (Phi) is 2.75. The average molecular weight is 238 g/mol. The molecule has 0 aliphatic carbocycles. The van der Waals surface area contributed by atoms with Gasteiger partial charge in [-0.25, -0.2) is 4.68 Å².